The lowest BCUT2D eigenvalue weighted by Crippen LogP contribution is -2.30. The highest BCUT2D eigenvalue weighted by Crippen LogP contribution is 2.33. The molecule has 0 aromatic carbocycles. The van der Waals surface area contributed by atoms with Crippen molar-refractivity contribution in [2.24, 2.45) is 0 Å². The predicted molar refractivity (Wildman–Crippen MR) is 54.5 cm³/mol. The molecule has 0 bridgehead atoms. The summed E-state index contributed by atoms with van der Waals surface area (Å²) < 4.78 is 18.8. The fraction of sp³-hybridized carbons (Fsp3) is 0.556. The van der Waals surface area contributed by atoms with Gasteiger partial charge in [-0.3, -0.25) is 0 Å². The van der Waals surface area contributed by atoms with Crippen molar-refractivity contribution in [3.63, 3.8) is 0 Å². The van der Waals surface area contributed by atoms with Gasteiger partial charge in [0.2, 0.25) is 0 Å². The Morgan fingerprint density at radius 1 is 1.47 bits per heavy atom. The molecule has 1 fully saturated rings. The number of hydrogen-bond donors (Lipinski definition) is 4. The number of aromatic nitrogens is 2. The van der Waals surface area contributed by atoms with Crippen LogP contribution in [0.1, 0.15) is 18.7 Å². The fourth-order valence-electron chi connectivity index (χ4n) is 1.78. The number of aliphatic hydroxyl groups is 2. The first kappa shape index (κ1) is 12.0. The number of nitrogens with one attached hydrogen (secondary N) is 1. The molecule has 1 aliphatic heterocycles. The first-order valence-electron chi connectivity index (χ1n) is 4.98. The molecule has 1 aromatic rings. The van der Waals surface area contributed by atoms with Crippen molar-refractivity contribution in [2.45, 2.75) is 31.3 Å². The number of H-pyrrole nitrogens is 1. The Kier molecular flexibility index (Phi) is 2.86. The Labute approximate surface area is 95.1 Å². The van der Waals surface area contributed by atoms with Crippen LogP contribution in [-0.2, 0) is 4.74 Å². The number of aliphatic hydroxyl groups excluding tert-OH is 2. The summed E-state index contributed by atoms with van der Waals surface area (Å²) in [4.78, 5) is 16.3. The van der Waals surface area contributed by atoms with Crippen LogP contribution in [0.4, 0.5) is 10.2 Å². The minimum atomic E-state index is -1.34. The van der Waals surface area contributed by atoms with E-state index in [-0.39, 0.29) is 5.69 Å². The van der Waals surface area contributed by atoms with Crippen LogP contribution in [0.15, 0.2) is 4.79 Å². The van der Waals surface area contributed by atoms with E-state index in [9.17, 15) is 19.4 Å². The van der Waals surface area contributed by atoms with Gasteiger partial charge in [0.1, 0.15) is 18.3 Å². The molecule has 8 heteroatoms. The van der Waals surface area contributed by atoms with Crippen LogP contribution in [0.3, 0.4) is 0 Å². The second-order valence-corrected chi connectivity index (χ2v) is 3.90. The normalized spacial score (nSPS) is 32.9. The zero-order valence-corrected chi connectivity index (χ0v) is 8.92. The van der Waals surface area contributed by atoms with Gasteiger partial charge in [0.25, 0.3) is 0 Å². The molecule has 0 radical (unpaired) electrons. The number of aromatic amines is 1. The molecular weight excluding hydrogens is 233 g/mol. The fourth-order valence-corrected chi connectivity index (χ4v) is 1.78. The van der Waals surface area contributed by atoms with Crippen LogP contribution in [-0.4, -0.2) is 38.5 Å². The SMILES string of the molecule is C[C@H]1O[C@H](c2[nH]c(=O)nc(N)c2F)[C@H](O)[C@@H]1O. The van der Waals surface area contributed by atoms with Gasteiger partial charge in [-0.05, 0) is 6.92 Å². The van der Waals surface area contributed by atoms with Crippen molar-refractivity contribution in [3.8, 4) is 0 Å². The highest BCUT2D eigenvalue weighted by Gasteiger charge is 2.43. The molecule has 5 N–H and O–H groups in total. The van der Waals surface area contributed by atoms with E-state index >= 15 is 0 Å². The van der Waals surface area contributed by atoms with Gasteiger partial charge >= 0.3 is 5.69 Å². The molecule has 0 saturated carbocycles. The number of nitrogens with two attached hydrogens (primary N) is 1. The van der Waals surface area contributed by atoms with E-state index in [1.54, 1.807) is 0 Å². The minimum Gasteiger partial charge on any atom is -0.388 e. The Bertz CT molecular complexity index is 492. The minimum absolute atomic E-state index is 0.307. The summed E-state index contributed by atoms with van der Waals surface area (Å²) in [6.45, 7) is 1.52. The van der Waals surface area contributed by atoms with Gasteiger partial charge in [-0.1, -0.05) is 0 Å². The third kappa shape index (κ3) is 1.90. The smallest absolute Gasteiger partial charge is 0.347 e. The maximum atomic E-state index is 13.6. The number of ether oxygens (including phenoxy) is 1. The van der Waals surface area contributed by atoms with Crippen LogP contribution >= 0.6 is 0 Å². The largest absolute Gasteiger partial charge is 0.388 e. The Morgan fingerprint density at radius 3 is 2.65 bits per heavy atom. The molecule has 2 rings (SSSR count). The lowest BCUT2D eigenvalue weighted by atomic mass is 10.1. The first-order chi connectivity index (χ1) is 7.91. The predicted octanol–water partition coefficient (Wildman–Crippen LogP) is -1.33. The molecule has 0 aliphatic carbocycles. The van der Waals surface area contributed by atoms with E-state index in [2.05, 4.69) is 9.97 Å². The monoisotopic (exact) mass is 245 g/mol. The molecule has 1 aliphatic rings. The van der Waals surface area contributed by atoms with Crippen LogP contribution in [0.2, 0.25) is 0 Å². The third-order valence-electron chi connectivity index (χ3n) is 2.71. The number of nitrogens with zero attached hydrogens (tertiary/aromatic N) is 1. The maximum Gasteiger partial charge on any atom is 0.347 e. The maximum absolute atomic E-state index is 13.6. The average molecular weight is 245 g/mol. The molecule has 0 amide bonds. The summed E-state index contributed by atoms with van der Waals surface area (Å²) in [5.41, 5.74) is 4.05. The second-order valence-electron chi connectivity index (χ2n) is 3.90. The topological polar surface area (TPSA) is 121 Å². The molecule has 7 nitrogen and oxygen atoms in total. The summed E-state index contributed by atoms with van der Waals surface area (Å²) in [5.74, 6) is -1.54. The van der Waals surface area contributed by atoms with Crippen molar-refractivity contribution in [1.82, 2.24) is 9.97 Å². The van der Waals surface area contributed by atoms with Gasteiger partial charge in [0, 0.05) is 0 Å². The standard InChI is InChI=1S/C9H12FN3O4/c1-2-5(14)6(15)7(17-2)4-3(10)8(11)13-9(16)12-4/h2,5-7,14-15H,1H3,(H3,11,12,13,16)/t2-,5-,6-,7-/m1/s1. The first-order valence-corrected chi connectivity index (χ1v) is 4.98. The molecule has 0 unspecified atom stereocenters. The van der Waals surface area contributed by atoms with Gasteiger partial charge < -0.3 is 25.7 Å². The van der Waals surface area contributed by atoms with Gasteiger partial charge in [-0.2, -0.15) is 4.98 Å². The molecule has 1 aromatic heterocycles. The summed E-state index contributed by atoms with van der Waals surface area (Å²) in [5, 5.41) is 19.2. The summed E-state index contributed by atoms with van der Waals surface area (Å²) in [6, 6.07) is 0. The lowest BCUT2D eigenvalue weighted by Gasteiger charge is -2.15. The number of rotatable bonds is 1. The number of anilines is 1. The Morgan fingerprint density at radius 2 is 2.12 bits per heavy atom. The Balaban J connectivity index is 2.45. The summed E-state index contributed by atoms with van der Waals surface area (Å²) >= 11 is 0. The summed E-state index contributed by atoms with van der Waals surface area (Å²) in [7, 11) is 0. The zero-order valence-electron chi connectivity index (χ0n) is 8.92. The molecule has 0 spiro atoms. The lowest BCUT2D eigenvalue weighted by molar-refractivity contribution is 0.0100. The van der Waals surface area contributed by atoms with Gasteiger partial charge in [-0.15, -0.1) is 0 Å². The van der Waals surface area contributed by atoms with E-state index in [1.165, 1.54) is 6.92 Å². The van der Waals surface area contributed by atoms with Crippen molar-refractivity contribution < 1.29 is 19.3 Å². The number of halogens is 1. The van der Waals surface area contributed by atoms with Crippen molar-refractivity contribution in [3.05, 3.63) is 22.0 Å². The van der Waals surface area contributed by atoms with E-state index in [0.717, 1.165) is 0 Å². The number of nitrogen functional groups attached to an aromatic ring is 1. The van der Waals surface area contributed by atoms with Gasteiger partial charge in [0.15, 0.2) is 11.6 Å². The molecule has 94 valence electrons. The van der Waals surface area contributed by atoms with Crippen LogP contribution in [0.25, 0.3) is 0 Å². The Hall–Kier alpha value is -1.51. The molecule has 4 atom stereocenters. The van der Waals surface area contributed by atoms with Crippen molar-refractivity contribution in [1.29, 1.82) is 0 Å². The third-order valence-corrected chi connectivity index (χ3v) is 2.71. The van der Waals surface area contributed by atoms with Crippen LogP contribution in [0, 0.1) is 5.82 Å². The number of hydrogen-bond acceptors (Lipinski definition) is 6. The molecule has 2 heterocycles. The van der Waals surface area contributed by atoms with Gasteiger partial charge in [0.05, 0.1) is 11.8 Å². The van der Waals surface area contributed by atoms with E-state index in [1.807, 2.05) is 0 Å². The molecular formula is C9H12FN3O4. The molecule has 17 heavy (non-hydrogen) atoms. The highest BCUT2D eigenvalue weighted by molar-refractivity contribution is 5.32. The van der Waals surface area contributed by atoms with Crippen molar-refractivity contribution in [2.75, 3.05) is 5.73 Å². The summed E-state index contributed by atoms with van der Waals surface area (Å²) in [6.07, 6.45) is -4.33. The zero-order chi connectivity index (χ0) is 12.7. The highest BCUT2D eigenvalue weighted by atomic mass is 19.1. The average Bonchev–Trinajstić information content (AvgIpc) is 2.51. The van der Waals surface area contributed by atoms with E-state index in [0.29, 0.717) is 0 Å². The van der Waals surface area contributed by atoms with Crippen LogP contribution < -0.4 is 11.4 Å². The van der Waals surface area contributed by atoms with Crippen LogP contribution in [0.5, 0.6) is 0 Å². The quantitative estimate of drug-likeness (QED) is 0.486. The second kappa shape index (κ2) is 4.06. The van der Waals surface area contributed by atoms with E-state index in [4.69, 9.17) is 10.5 Å². The van der Waals surface area contributed by atoms with E-state index < -0.39 is 41.7 Å². The van der Waals surface area contributed by atoms with Gasteiger partial charge in [-0.25, -0.2) is 9.18 Å². The van der Waals surface area contributed by atoms with Crippen molar-refractivity contribution >= 4 is 5.82 Å². The molecule has 1 saturated heterocycles.